The van der Waals surface area contributed by atoms with E-state index < -0.39 is 11.3 Å². The fraction of sp³-hybridized carbons (Fsp3) is 0.316. The molecule has 124 valence electrons. The summed E-state index contributed by atoms with van der Waals surface area (Å²) in [5.41, 5.74) is 7.43. The Morgan fingerprint density at radius 3 is 2.62 bits per heavy atom. The number of nitrogen functional groups attached to an aromatic ring is 1. The van der Waals surface area contributed by atoms with Crippen LogP contribution in [0.5, 0.6) is 5.75 Å². The van der Waals surface area contributed by atoms with Crippen molar-refractivity contribution in [1.29, 1.82) is 0 Å². The Balaban J connectivity index is 2.01. The van der Waals surface area contributed by atoms with Gasteiger partial charge in [0.2, 0.25) is 0 Å². The van der Waals surface area contributed by atoms with E-state index in [1.54, 1.807) is 25.2 Å². The number of hydrogen-bond donors (Lipinski definition) is 3. The number of carbonyl (C=O) groups is 1. The maximum absolute atomic E-state index is 13.3. The number of benzene rings is 2. The van der Waals surface area contributed by atoms with Gasteiger partial charge in [-0.15, -0.1) is 0 Å². The van der Waals surface area contributed by atoms with Crippen LogP contribution in [-0.2, 0) is 11.3 Å². The Bertz CT molecular complexity index is 877. The summed E-state index contributed by atoms with van der Waals surface area (Å²) in [4.78, 5) is 13.3. The number of rotatable bonds is 2. The van der Waals surface area contributed by atoms with E-state index in [-0.39, 0.29) is 5.78 Å². The summed E-state index contributed by atoms with van der Waals surface area (Å²) in [6, 6.07) is 10.8. The van der Waals surface area contributed by atoms with Crippen LogP contribution in [0.1, 0.15) is 46.8 Å². The Hall–Kier alpha value is -2.37. The quantitative estimate of drug-likeness (QED) is 0.738. The highest BCUT2D eigenvalue weighted by Gasteiger charge is 2.70. The van der Waals surface area contributed by atoms with Crippen LogP contribution in [0.4, 0.5) is 5.69 Å². The SMILES string of the molecule is CNC12C(=O)c3c(N)cccc3C1(O)Oc1cc(C(C)C)ccc12. The van der Waals surface area contributed by atoms with E-state index in [9.17, 15) is 9.90 Å². The van der Waals surface area contributed by atoms with Gasteiger partial charge in [-0.2, -0.15) is 0 Å². The van der Waals surface area contributed by atoms with E-state index in [2.05, 4.69) is 19.2 Å². The average molecular weight is 324 g/mol. The molecule has 2 unspecified atom stereocenters. The van der Waals surface area contributed by atoms with E-state index in [0.29, 0.717) is 34.0 Å². The number of likely N-dealkylation sites (N-methyl/N-ethyl adjacent to an activating group) is 1. The molecule has 2 aliphatic rings. The molecule has 0 bridgehead atoms. The Labute approximate surface area is 140 Å². The van der Waals surface area contributed by atoms with Crippen molar-refractivity contribution >= 4 is 11.5 Å². The molecule has 1 aliphatic carbocycles. The largest absolute Gasteiger partial charge is 0.455 e. The summed E-state index contributed by atoms with van der Waals surface area (Å²) in [5, 5.41) is 14.4. The number of nitrogens with one attached hydrogen (secondary N) is 1. The van der Waals surface area contributed by atoms with Crippen molar-refractivity contribution in [3.8, 4) is 5.75 Å². The number of hydrogen-bond acceptors (Lipinski definition) is 5. The van der Waals surface area contributed by atoms with Gasteiger partial charge in [-0.25, -0.2) is 0 Å². The van der Waals surface area contributed by atoms with Gasteiger partial charge in [-0.3, -0.25) is 10.1 Å². The molecule has 5 nitrogen and oxygen atoms in total. The van der Waals surface area contributed by atoms with Crippen LogP contribution < -0.4 is 15.8 Å². The number of ketones is 1. The van der Waals surface area contributed by atoms with Crippen LogP contribution in [0.25, 0.3) is 0 Å². The first kappa shape index (κ1) is 15.2. The standard InChI is InChI=1S/C19H20N2O3/c1-10(2)11-7-8-12-15(9-11)24-19(23)13-5-4-6-14(20)16(13)17(22)18(12,19)21-3/h4-10,21,23H,20H2,1-3H3. The van der Waals surface area contributed by atoms with E-state index in [1.165, 1.54) is 0 Å². The highest BCUT2D eigenvalue weighted by Crippen LogP contribution is 2.58. The second-order valence-corrected chi connectivity index (χ2v) is 6.76. The number of Topliss-reactive ketones (excluding diaryl/α,β-unsaturated/α-hetero) is 1. The molecule has 4 rings (SSSR count). The summed E-state index contributed by atoms with van der Waals surface area (Å²) >= 11 is 0. The lowest BCUT2D eigenvalue weighted by Gasteiger charge is -2.33. The van der Waals surface area contributed by atoms with Crippen LogP contribution in [0.2, 0.25) is 0 Å². The third kappa shape index (κ3) is 1.49. The second kappa shape index (κ2) is 4.59. The first-order valence-corrected chi connectivity index (χ1v) is 8.05. The normalized spacial score (nSPS) is 27.0. The van der Waals surface area contributed by atoms with Gasteiger partial charge in [0.25, 0.3) is 5.79 Å². The minimum atomic E-state index is -1.80. The lowest BCUT2D eigenvalue weighted by atomic mass is 9.82. The Kier molecular flexibility index (Phi) is 2.90. The van der Waals surface area contributed by atoms with Crippen LogP contribution >= 0.6 is 0 Å². The van der Waals surface area contributed by atoms with Crippen LogP contribution in [0, 0.1) is 0 Å². The zero-order valence-corrected chi connectivity index (χ0v) is 13.9. The molecular formula is C19H20N2O3. The summed E-state index contributed by atoms with van der Waals surface area (Å²) in [5.74, 6) is -1.23. The maximum atomic E-state index is 13.3. The molecule has 0 radical (unpaired) electrons. The topological polar surface area (TPSA) is 84.6 Å². The minimum Gasteiger partial charge on any atom is -0.455 e. The highest BCUT2D eigenvalue weighted by molar-refractivity contribution is 6.13. The number of aliphatic hydroxyl groups is 1. The number of ether oxygens (including phenoxy) is 1. The molecule has 2 atom stereocenters. The molecule has 2 aromatic rings. The third-order valence-corrected chi connectivity index (χ3v) is 5.25. The monoisotopic (exact) mass is 324 g/mol. The van der Waals surface area contributed by atoms with Crippen LogP contribution in [0.3, 0.4) is 0 Å². The second-order valence-electron chi connectivity index (χ2n) is 6.76. The van der Waals surface area contributed by atoms with Gasteiger partial charge >= 0.3 is 0 Å². The molecule has 4 N–H and O–H groups in total. The first-order valence-electron chi connectivity index (χ1n) is 8.05. The van der Waals surface area contributed by atoms with Crippen molar-refractivity contribution in [2.24, 2.45) is 0 Å². The zero-order chi connectivity index (χ0) is 17.3. The lowest BCUT2D eigenvalue weighted by molar-refractivity contribution is -0.170. The molecule has 0 aromatic heterocycles. The zero-order valence-electron chi connectivity index (χ0n) is 13.9. The molecule has 1 aliphatic heterocycles. The molecule has 24 heavy (non-hydrogen) atoms. The molecule has 2 aromatic carbocycles. The summed E-state index contributed by atoms with van der Waals surface area (Å²) in [6.07, 6.45) is 0. The molecule has 0 saturated carbocycles. The van der Waals surface area contributed by atoms with E-state index in [1.807, 2.05) is 18.2 Å². The van der Waals surface area contributed by atoms with Crippen molar-refractivity contribution in [3.05, 3.63) is 58.7 Å². The van der Waals surface area contributed by atoms with Crippen molar-refractivity contribution in [3.63, 3.8) is 0 Å². The highest BCUT2D eigenvalue weighted by atomic mass is 16.6. The molecule has 1 heterocycles. The number of anilines is 1. The predicted octanol–water partition coefficient (Wildman–Crippen LogP) is 2.24. The number of fused-ring (bicyclic) bond motifs is 5. The third-order valence-electron chi connectivity index (χ3n) is 5.25. The van der Waals surface area contributed by atoms with Gasteiger partial charge in [0.05, 0.1) is 5.56 Å². The summed E-state index contributed by atoms with van der Waals surface area (Å²) in [6.45, 7) is 4.17. The van der Waals surface area contributed by atoms with Gasteiger partial charge < -0.3 is 15.6 Å². The summed E-state index contributed by atoms with van der Waals surface area (Å²) in [7, 11) is 1.65. The maximum Gasteiger partial charge on any atom is 0.266 e. The van der Waals surface area contributed by atoms with E-state index >= 15 is 0 Å². The fourth-order valence-corrected chi connectivity index (χ4v) is 3.95. The lowest BCUT2D eigenvalue weighted by Crippen LogP contribution is -2.57. The smallest absolute Gasteiger partial charge is 0.266 e. The first-order chi connectivity index (χ1) is 11.4. The molecule has 5 heteroatoms. The van der Waals surface area contributed by atoms with Crippen LogP contribution in [0.15, 0.2) is 36.4 Å². The van der Waals surface area contributed by atoms with Crippen molar-refractivity contribution in [1.82, 2.24) is 5.32 Å². The van der Waals surface area contributed by atoms with Gasteiger partial charge in [0.15, 0.2) is 11.3 Å². The van der Waals surface area contributed by atoms with E-state index in [4.69, 9.17) is 10.5 Å². The molecule has 0 fully saturated rings. The Morgan fingerprint density at radius 2 is 1.96 bits per heavy atom. The van der Waals surface area contributed by atoms with Gasteiger partial charge in [-0.05, 0) is 30.7 Å². The summed E-state index contributed by atoms with van der Waals surface area (Å²) < 4.78 is 5.97. The van der Waals surface area contributed by atoms with Crippen molar-refractivity contribution in [2.75, 3.05) is 12.8 Å². The fourth-order valence-electron chi connectivity index (χ4n) is 3.95. The van der Waals surface area contributed by atoms with Crippen molar-refractivity contribution in [2.45, 2.75) is 31.1 Å². The van der Waals surface area contributed by atoms with E-state index in [0.717, 1.165) is 5.56 Å². The number of carbonyl (C=O) groups excluding carboxylic acids is 1. The van der Waals surface area contributed by atoms with Crippen molar-refractivity contribution < 1.29 is 14.6 Å². The van der Waals surface area contributed by atoms with Gasteiger partial charge in [0.1, 0.15) is 5.75 Å². The van der Waals surface area contributed by atoms with Gasteiger partial charge in [0, 0.05) is 16.8 Å². The molecule has 0 spiro atoms. The molecular weight excluding hydrogens is 304 g/mol. The number of nitrogens with two attached hydrogens (primary N) is 1. The molecule has 0 saturated heterocycles. The predicted molar refractivity (Wildman–Crippen MR) is 91.0 cm³/mol. The van der Waals surface area contributed by atoms with Gasteiger partial charge in [-0.1, -0.05) is 38.1 Å². The Morgan fingerprint density at radius 1 is 1.21 bits per heavy atom. The average Bonchev–Trinajstić information content (AvgIpc) is 2.92. The van der Waals surface area contributed by atoms with Crippen LogP contribution in [-0.4, -0.2) is 17.9 Å². The molecule has 0 amide bonds. The minimum absolute atomic E-state index is 0.267.